The van der Waals surface area contributed by atoms with Crippen molar-refractivity contribution in [3.63, 3.8) is 0 Å². The van der Waals surface area contributed by atoms with Crippen LogP contribution in [0.3, 0.4) is 0 Å². The molecule has 3 heterocycles. The van der Waals surface area contributed by atoms with Gasteiger partial charge in [0.25, 0.3) is 6.71 Å². The first-order chi connectivity index (χ1) is 16.3. The first-order valence-corrected chi connectivity index (χ1v) is 11.1. The summed E-state index contributed by atoms with van der Waals surface area (Å²) in [6, 6.07) is 35.3. The van der Waals surface area contributed by atoms with Gasteiger partial charge < -0.3 is 9.47 Å². The van der Waals surface area contributed by atoms with Crippen molar-refractivity contribution < 1.29 is 9.47 Å². The predicted molar refractivity (Wildman–Crippen MR) is 133 cm³/mol. The van der Waals surface area contributed by atoms with Gasteiger partial charge in [-0.2, -0.15) is 0 Å². The van der Waals surface area contributed by atoms with Gasteiger partial charge in [0.15, 0.2) is 0 Å². The lowest BCUT2D eigenvalue weighted by Gasteiger charge is -2.32. The highest BCUT2D eigenvalue weighted by atomic mass is 16.5. The van der Waals surface area contributed by atoms with Crippen LogP contribution in [0.2, 0.25) is 0 Å². The fraction of sp³-hybridized carbons (Fsp3) is 0. The Balaban J connectivity index is 1.36. The van der Waals surface area contributed by atoms with Gasteiger partial charge in [-0.15, -0.1) is 0 Å². The van der Waals surface area contributed by atoms with E-state index in [0.717, 1.165) is 56.3 Å². The summed E-state index contributed by atoms with van der Waals surface area (Å²) in [5.41, 5.74) is 7.76. The number of aromatic nitrogens is 1. The molecule has 4 heteroatoms. The van der Waals surface area contributed by atoms with Crippen LogP contribution in [0.15, 0.2) is 109 Å². The largest absolute Gasteiger partial charge is 0.458 e. The number of fused-ring (bicyclic) bond motifs is 4. The van der Waals surface area contributed by atoms with Crippen LogP contribution in [0.4, 0.5) is 0 Å². The molecule has 3 nitrogen and oxygen atoms in total. The third kappa shape index (κ3) is 2.88. The number of nitrogens with zero attached hydrogens (tertiary/aromatic N) is 1. The van der Waals surface area contributed by atoms with Crippen LogP contribution in [0, 0.1) is 0 Å². The monoisotopic (exact) mass is 423 g/mol. The standard InChI is InChI=1S/C29H18BNO2/c1-2-11-25-22(9-1)30-23-15-14-20(18-28(23)33-27-13-6-12-26(32-25)29(27)30)19-7-5-8-21(17-19)24-10-3-4-16-31-24/h1-18H. The van der Waals surface area contributed by atoms with E-state index in [4.69, 9.17) is 9.47 Å². The summed E-state index contributed by atoms with van der Waals surface area (Å²) >= 11 is 0. The normalized spacial score (nSPS) is 12.7. The molecule has 7 rings (SSSR count). The van der Waals surface area contributed by atoms with Crippen molar-refractivity contribution in [2.24, 2.45) is 0 Å². The molecule has 0 radical (unpaired) electrons. The van der Waals surface area contributed by atoms with E-state index >= 15 is 0 Å². The fourth-order valence-electron chi connectivity index (χ4n) is 4.95. The van der Waals surface area contributed by atoms with Crippen LogP contribution < -0.4 is 25.9 Å². The second kappa shape index (κ2) is 7.11. The molecular formula is C29H18BNO2. The average Bonchev–Trinajstić information content (AvgIpc) is 2.89. The Morgan fingerprint density at radius 1 is 0.515 bits per heavy atom. The molecule has 1 aromatic heterocycles. The fourth-order valence-corrected chi connectivity index (χ4v) is 4.95. The van der Waals surface area contributed by atoms with E-state index in [1.165, 1.54) is 5.46 Å². The lowest BCUT2D eigenvalue weighted by atomic mass is 9.35. The topological polar surface area (TPSA) is 31.4 Å². The Bertz CT molecular complexity index is 1530. The molecule has 2 aliphatic heterocycles. The number of hydrogen-bond acceptors (Lipinski definition) is 3. The highest BCUT2D eigenvalue weighted by Gasteiger charge is 2.39. The van der Waals surface area contributed by atoms with Crippen LogP contribution in [-0.2, 0) is 0 Å². The van der Waals surface area contributed by atoms with Crippen LogP contribution in [0.25, 0.3) is 22.4 Å². The van der Waals surface area contributed by atoms with Crippen LogP contribution in [0.5, 0.6) is 23.0 Å². The summed E-state index contributed by atoms with van der Waals surface area (Å²) in [5, 5.41) is 0. The molecule has 0 atom stereocenters. The first kappa shape index (κ1) is 18.3. The van der Waals surface area contributed by atoms with Gasteiger partial charge in [-0.25, -0.2) is 0 Å². The first-order valence-electron chi connectivity index (χ1n) is 11.1. The molecule has 0 aliphatic carbocycles. The third-order valence-corrected chi connectivity index (χ3v) is 6.47. The van der Waals surface area contributed by atoms with Crippen molar-refractivity contribution in [1.82, 2.24) is 4.98 Å². The highest BCUT2D eigenvalue weighted by Crippen LogP contribution is 2.36. The number of pyridine rings is 1. The van der Waals surface area contributed by atoms with E-state index in [1.54, 1.807) is 0 Å². The maximum absolute atomic E-state index is 6.42. The van der Waals surface area contributed by atoms with Gasteiger partial charge in [-0.05, 0) is 64.5 Å². The second-order valence-electron chi connectivity index (χ2n) is 8.39. The predicted octanol–water partition coefficient (Wildman–Crippen LogP) is 5.14. The minimum atomic E-state index is 0.0961. The smallest absolute Gasteiger partial charge is 0.260 e. The minimum Gasteiger partial charge on any atom is -0.458 e. The maximum atomic E-state index is 6.42. The SMILES string of the molecule is c1ccc(-c2cccc(-c3ccc4c(c3)Oc3cccc5c3B4c3ccccc3O5)c2)nc1. The Kier molecular flexibility index (Phi) is 3.94. The summed E-state index contributed by atoms with van der Waals surface area (Å²) < 4.78 is 12.6. The Morgan fingerprint density at radius 3 is 2.09 bits per heavy atom. The van der Waals surface area contributed by atoms with Crippen molar-refractivity contribution in [2.75, 3.05) is 0 Å². The number of ether oxygens (including phenoxy) is 2. The van der Waals surface area contributed by atoms with Gasteiger partial charge in [-0.1, -0.05) is 60.7 Å². The Hall–Kier alpha value is -4.31. The van der Waals surface area contributed by atoms with Gasteiger partial charge in [0.1, 0.15) is 23.0 Å². The molecule has 2 aliphatic rings. The summed E-state index contributed by atoms with van der Waals surface area (Å²) in [6.45, 7) is 0.0961. The van der Waals surface area contributed by atoms with Crippen LogP contribution in [-0.4, -0.2) is 11.7 Å². The van der Waals surface area contributed by atoms with E-state index in [0.29, 0.717) is 0 Å². The molecule has 0 amide bonds. The quantitative estimate of drug-likeness (QED) is 0.361. The van der Waals surface area contributed by atoms with Gasteiger partial charge in [0.05, 0.1) is 5.69 Å². The summed E-state index contributed by atoms with van der Waals surface area (Å²) in [6.07, 6.45) is 1.83. The van der Waals surface area contributed by atoms with E-state index in [9.17, 15) is 0 Å². The van der Waals surface area contributed by atoms with E-state index in [-0.39, 0.29) is 6.71 Å². The molecule has 0 N–H and O–H groups in total. The average molecular weight is 423 g/mol. The molecule has 5 aromatic rings. The molecule has 0 unspecified atom stereocenters. The van der Waals surface area contributed by atoms with Gasteiger partial charge >= 0.3 is 0 Å². The summed E-state index contributed by atoms with van der Waals surface area (Å²) in [4.78, 5) is 4.50. The second-order valence-corrected chi connectivity index (χ2v) is 8.39. The number of para-hydroxylation sites is 1. The third-order valence-electron chi connectivity index (χ3n) is 6.47. The van der Waals surface area contributed by atoms with Crippen molar-refractivity contribution in [2.45, 2.75) is 0 Å². The molecule has 4 aromatic carbocycles. The van der Waals surface area contributed by atoms with E-state index in [1.807, 2.05) is 54.7 Å². The molecule has 33 heavy (non-hydrogen) atoms. The lowest BCUT2D eigenvalue weighted by Crippen LogP contribution is -2.57. The molecule has 0 bridgehead atoms. The van der Waals surface area contributed by atoms with Crippen molar-refractivity contribution in [3.8, 4) is 45.4 Å². The zero-order chi connectivity index (χ0) is 21.8. The van der Waals surface area contributed by atoms with Gasteiger partial charge in [-0.3, -0.25) is 4.98 Å². The maximum Gasteiger partial charge on any atom is 0.260 e. The number of benzene rings is 4. The van der Waals surface area contributed by atoms with Crippen molar-refractivity contribution >= 4 is 23.1 Å². The Morgan fingerprint density at radius 2 is 1.21 bits per heavy atom. The van der Waals surface area contributed by atoms with E-state index in [2.05, 4.69) is 59.6 Å². The van der Waals surface area contributed by atoms with E-state index < -0.39 is 0 Å². The van der Waals surface area contributed by atoms with Gasteiger partial charge in [0.2, 0.25) is 0 Å². The zero-order valence-corrected chi connectivity index (χ0v) is 17.7. The summed E-state index contributed by atoms with van der Waals surface area (Å²) in [5.74, 6) is 3.53. The molecular weight excluding hydrogens is 405 g/mol. The van der Waals surface area contributed by atoms with Crippen LogP contribution in [0.1, 0.15) is 0 Å². The Labute approximate surface area is 192 Å². The summed E-state index contributed by atoms with van der Waals surface area (Å²) in [7, 11) is 0. The lowest BCUT2D eigenvalue weighted by molar-refractivity contribution is 0.464. The molecule has 0 saturated heterocycles. The highest BCUT2D eigenvalue weighted by molar-refractivity contribution is 6.98. The van der Waals surface area contributed by atoms with Crippen LogP contribution >= 0.6 is 0 Å². The molecule has 0 spiro atoms. The number of rotatable bonds is 2. The zero-order valence-electron chi connectivity index (χ0n) is 17.7. The van der Waals surface area contributed by atoms with Gasteiger partial charge in [0, 0.05) is 17.2 Å². The molecule has 154 valence electrons. The molecule has 0 saturated carbocycles. The minimum absolute atomic E-state index is 0.0961. The molecule has 0 fully saturated rings. The van der Waals surface area contributed by atoms with Crippen molar-refractivity contribution in [1.29, 1.82) is 0 Å². The van der Waals surface area contributed by atoms with Crippen molar-refractivity contribution in [3.05, 3.63) is 109 Å². The number of hydrogen-bond donors (Lipinski definition) is 0.